The van der Waals surface area contributed by atoms with Gasteiger partial charge in [0.25, 0.3) is 0 Å². The molecule has 1 aliphatic heterocycles. The Labute approximate surface area is 405 Å². The molecule has 0 radical (unpaired) electrons. The Kier molecular flexibility index (Phi) is 33.6. The topological polar surface area (TPSA) is 129 Å². The summed E-state index contributed by atoms with van der Waals surface area (Å²) >= 11 is 0. The van der Waals surface area contributed by atoms with E-state index in [1.54, 1.807) is 0 Å². The van der Waals surface area contributed by atoms with Gasteiger partial charge in [0, 0.05) is 38.9 Å². The number of nitrogens with zero attached hydrogens (tertiary/aromatic N) is 1. The Balaban J connectivity index is 3.05. The van der Waals surface area contributed by atoms with Crippen molar-refractivity contribution < 1.29 is 43.2 Å². The number of carbonyl (C=O) groups is 4. The highest BCUT2D eigenvalue weighted by Gasteiger charge is 2.38. The van der Waals surface area contributed by atoms with Crippen LogP contribution in [0.25, 0.3) is 0 Å². The Bertz CT molecular complexity index is 1160. The van der Waals surface area contributed by atoms with Gasteiger partial charge in [0.2, 0.25) is 0 Å². The number of esters is 4. The summed E-state index contributed by atoms with van der Waals surface area (Å²) in [5.41, 5.74) is -1.29. The molecule has 10 nitrogen and oxygen atoms in total. The van der Waals surface area contributed by atoms with Crippen LogP contribution in [0.1, 0.15) is 224 Å². The quantitative estimate of drug-likeness (QED) is 0.0467. The number of β-amino-alcohol motifs (C(OH)–C–C–N with tert-alkyl or cyclic N) is 1. The molecule has 6 unspecified atom stereocenters. The lowest BCUT2D eigenvalue weighted by Crippen LogP contribution is -2.51. The molecule has 66 heavy (non-hydrogen) atoms. The third-order valence-corrected chi connectivity index (χ3v) is 13.9. The number of aliphatic hydroxyl groups is 1. The molecule has 1 rings (SSSR count). The van der Waals surface area contributed by atoms with Crippen LogP contribution in [0.15, 0.2) is 0 Å². The zero-order chi connectivity index (χ0) is 49.5. The molecule has 0 spiro atoms. The molecule has 1 heterocycles. The summed E-state index contributed by atoms with van der Waals surface area (Å²) in [6.45, 7) is 27.3. The number of likely N-dealkylation sites (tertiary alicyclic amines) is 1. The molecule has 1 N–H and O–H groups in total. The van der Waals surface area contributed by atoms with Gasteiger partial charge in [-0.05, 0) is 53.3 Å². The van der Waals surface area contributed by atoms with E-state index in [0.717, 1.165) is 75.5 Å². The van der Waals surface area contributed by atoms with Gasteiger partial charge in [0.15, 0.2) is 0 Å². The number of hydrogen-bond donors (Lipinski definition) is 1. The first-order chi connectivity index (χ1) is 31.2. The number of ether oxygens (including phenoxy) is 4. The highest BCUT2D eigenvalue weighted by Crippen LogP contribution is 2.27. The van der Waals surface area contributed by atoms with E-state index >= 15 is 0 Å². The molecule has 0 aromatic carbocycles. The van der Waals surface area contributed by atoms with Crippen LogP contribution >= 0.6 is 0 Å². The van der Waals surface area contributed by atoms with Gasteiger partial charge >= 0.3 is 23.9 Å². The van der Waals surface area contributed by atoms with Crippen molar-refractivity contribution in [3.05, 3.63) is 0 Å². The molecule has 1 fully saturated rings. The predicted molar refractivity (Wildman–Crippen MR) is 270 cm³/mol. The van der Waals surface area contributed by atoms with Gasteiger partial charge < -0.3 is 24.1 Å². The molecule has 6 atom stereocenters. The summed E-state index contributed by atoms with van der Waals surface area (Å²) in [7, 11) is 0. The van der Waals surface area contributed by atoms with Crippen molar-refractivity contribution in [2.45, 2.75) is 230 Å². The monoisotopic (exact) mass is 936 g/mol. The van der Waals surface area contributed by atoms with E-state index in [4.69, 9.17) is 18.9 Å². The van der Waals surface area contributed by atoms with Gasteiger partial charge in [-0.2, -0.15) is 0 Å². The molecule has 0 aromatic heterocycles. The van der Waals surface area contributed by atoms with E-state index in [1.165, 1.54) is 57.8 Å². The fraction of sp³-hybridized carbons (Fsp3) is 0.929. The van der Waals surface area contributed by atoms with E-state index in [-0.39, 0.29) is 93.9 Å². The Morgan fingerprint density at radius 2 is 0.682 bits per heavy atom. The van der Waals surface area contributed by atoms with Crippen molar-refractivity contribution in [1.29, 1.82) is 0 Å². The first kappa shape index (κ1) is 61.8. The highest BCUT2D eigenvalue weighted by atomic mass is 16.6. The first-order valence-electron chi connectivity index (χ1n) is 27.2. The minimum absolute atomic E-state index is 0.109. The fourth-order valence-electron chi connectivity index (χ4n) is 9.07. The highest BCUT2D eigenvalue weighted by molar-refractivity contribution is 5.71. The molecule has 0 aromatic rings. The number of rotatable bonds is 41. The van der Waals surface area contributed by atoms with Crippen molar-refractivity contribution in [3.63, 3.8) is 0 Å². The van der Waals surface area contributed by atoms with Gasteiger partial charge in [-0.15, -0.1) is 0 Å². The lowest BCUT2D eigenvalue weighted by Gasteiger charge is -2.35. The van der Waals surface area contributed by atoms with Crippen LogP contribution in [0.5, 0.6) is 0 Å². The zero-order valence-corrected chi connectivity index (χ0v) is 44.9. The standard InChI is InChI=1S/C56H105NO9/c1-42(2)19-13-22-45(7)25-16-28-48(10)33-53(60)64-39-56(38-63-52(59)31-32-57-36-51(58)37-57,40-65-54(61)34-49(11)29-17-26-46(8)23-14-20-43(3)4)41-66-55(62)35-50(12)30-18-27-47(9)24-15-21-44(5)6/h42-51,58H,13-41H2,1-12H3. The largest absolute Gasteiger partial charge is 0.465 e. The SMILES string of the molecule is CC(C)CCCC(C)CCCC(C)CC(=O)OCC(COC(=O)CCN1CC(O)C1)(COC(=O)CC(C)CCCC(C)CCCC(C)C)COC(=O)CC(C)CCCC(C)CCCC(C)C. The summed E-state index contributed by atoms with van der Waals surface area (Å²) in [6, 6.07) is 0. The summed E-state index contributed by atoms with van der Waals surface area (Å²) in [6.07, 6.45) is 20.9. The molecule has 1 aliphatic rings. The third-order valence-electron chi connectivity index (χ3n) is 13.9. The summed E-state index contributed by atoms with van der Waals surface area (Å²) in [4.78, 5) is 55.5. The molecule has 0 aliphatic carbocycles. The van der Waals surface area contributed by atoms with Crippen molar-refractivity contribution in [2.75, 3.05) is 46.1 Å². The third kappa shape index (κ3) is 33.3. The smallest absolute Gasteiger partial charge is 0.307 e. The molecular weight excluding hydrogens is 831 g/mol. The molecule has 388 valence electrons. The Morgan fingerprint density at radius 1 is 0.424 bits per heavy atom. The number of hydrogen-bond acceptors (Lipinski definition) is 10. The van der Waals surface area contributed by atoms with Crippen LogP contribution in [0, 0.1) is 58.7 Å². The van der Waals surface area contributed by atoms with Crippen LogP contribution in [-0.4, -0.2) is 86.0 Å². The van der Waals surface area contributed by atoms with Gasteiger partial charge in [-0.3, -0.25) is 24.1 Å². The minimum Gasteiger partial charge on any atom is -0.465 e. The minimum atomic E-state index is -1.29. The van der Waals surface area contributed by atoms with Crippen molar-refractivity contribution in [3.8, 4) is 0 Å². The second-order valence-electron chi connectivity index (χ2n) is 23.3. The van der Waals surface area contributed by atoms with Crippen molar-refractivity contribution in [1.82, 2.24) is 4.90 Å². The average Bonchev–Trinajstić information content (AvgIpc) is 3.21. The van der Waals surface area contributed by atoms with E-state index in [2.05, 4.69) is 83.1 Å². The average molecular weight is 936 g/mol. The van der Waals surface area contributed by atoms with Crippen LogP contribution in [-0.2, 0) is 38.1 Å². The van der Waals surface area contributed by atoms with Crippen LogP contribution in [0.3, 0.4) is 0 Å². The molecule has 10 heteroatoms. The molecule has 0 amide bonds. The predicted octanol–water partition coefficient (Wildman–Crippen LogP) is 13.2. The maximum atomic E-state index is 13.5. The summed E-state index contributed by atoms with van der Waals surface area (Å²) < 4.78 is 23.7. The number of aliphatic hydroxyl groups excluding tert-OH is 1. The van der Waals surface area contributed by atoms with Gasteiger partial charge in [-0.25, -0.2) is 0 Å². The van der Waals surface area contributed by atoms with E-state index in [0.29, 0.717) is 37.4 Å². The Hall–Kier alpha value is -2.20. The first-order valence-corrected chi connectivity index (χ1v) is 27.2. The van der Waals surface area contributed by atoms with Gasteiger partial charge in [-0.1, -0.05) is 199 Å². The normalized spacial score (nSPS) is 17.2. The van der Waals surface area contributed by atoms with Crippen molar-refractivity contribution in [2.24, 2.45) is 58.7 Å². The zero-order valence-electron chi connectivity index (χ0n) is 44.9. The van der Waals surface area contributed by atoms with E-state index < -0.39 is 11.4 Å². The maximum absolute atomic E-state index is 13.5. The fourth-order valence-corrected chi connectivity index (χ4v) is 9.07. The summed E-state index contributed by atoms with van der Waals surface area (Å²) in [5.74, 6) is 2.91. The van der Waals surface area contributed by atoms with Gasteiger partial charge in [0.1, 0.15) is 31.8 Å². The maximum Gasteiger partial charge on any atom is 0.307 e. The van der Waals surface area contributed by atoms with E-state index in [1.807, 2.05) is 4.90 Å². The molecule has 0 saturated carbocycles. The van der Waals surface area contributed by atoms with E-state index in [9.17, 15) is 24.3 Å². The van der Waals surface area contributed by atoms with Crippen LogP contribution in [0.4, 0.5) is 0 Å². The molecule has 0 bridgehead atoms. The molecular formula is C56H105NO9. The lowest BCUT2D eigenvalue weighted by molar-refractivity contribution is -0.171. The second-order valence-corrected chi connectivity index (χ2v) is 23.3. The molecule has 1 saturated heterocycles. The second kappa shape index (κ2) is 35.8. The number of carbonyl (C=O) groups excluding carboxylic acids is 4. The van der Waals surface area contributed by atoms with Gasteiger partial charge in [0.05, 0.1) is 12.5 Å². The summed E-state index contributed by atoms with van der Waals surface area (Å²) in [5, 5.41) is 9.71. The van der Waals surface area contributed by atoms with Crippen LogP contribution in [0.2, 0.25) is 0 Å². The van der Waals surface area contributed by atoms with Crippen molar-refractivity contribution >= 4 is 23.9 Å². The Morgan fingerprint density at radius 3 is 0.955 bits per heavy atom. The van der Waals surface area contributed by atoms with Crippen LogP contribution < -0.4 is 0 Å². The lowest BCUT2D eigenvalue weighted by atomic mass is 9.91.